The fourth-order valence-electron chi connectivity index (χ4n) is 7.37. The number of Topliss-reactive ketones (excluding diaryl/α,β-unsaturated/α-hetero) is 1. The Labute approximate surface area is 140 Å². The second-order valence-electron chi connectivity index (χ2n) is 9.37. The van der Waals surface area contributed by atoms with Gasteiger partial charge in [0.25, 0.3) is 0 Å². The molecule has 3 heteroatoms. The number of rotatable bonds is 1. The highest BCUT2D eigenvalue weighted by atomic mass is 16.1. The fourth-order valence-corrected chi connectivity index (χ4v) is 7.37. The summed E-state index contributed by atoms with van der Waals surface area (Å²) in [5, 5.41) is 3.30. The predicted molar refractivity (Wildman–Crippen MR) is 89.7 cm³/mol. The molecule has 23 heavy (non-hydrogen) atoms. The Morgan fingerprint density at radius 2 is 1.74 bits per heavy atom. The van der Waals surface area contributed by atoms with Crippen LogP contribution in [-0.2, 0) is 9.59 Å². The lowest BCUT2D eigenvalue weighted by Crippen LogP contribution is -2.61. The average Bonchev–Trinajstić information content (AvgIpc) is 2.85. The van der Waals surface area contributed by atoms with Gasteiger partial charge < -0.3 is 5.32 Å². The first-order valence-electron chi connectivity index (χ1n) is 9.66. The number of amides is 1. The summed E-state index contributed by atoms with van der Waals surface area (Å²) in [5.41, 5.74) is 0.528. The van der Waals surface area contributed by atoms with Gasteiger partial charge in [0.15, 0.2) is 0 Å². The zero-order valence-corrected chi connectivity index (χ0v) is 14.9. The summed E-state index contributed by atoms with van der Waals surface area (Å²) in [6.45, 7) is 6.65. The quantitative estimate of drug-likeness (QED) is 0.801. The third-order valence-electron chi connectivity index (χ3n) is 8.59. The maximum Gasteiger partial charge on any atom is 0.220 e. The van der Waals surface area contributed by atoms with E-state index >= 15 is 0 Å². The number of ketones is 1. The van der Waals surface area contributed by atoms with Crippen molar-refractivity contribution in [2.75, 3.05) is 0 Å². The third kappa shape index (κ3) is 2.07. The van der Waals surface area contributed by atoms with Gasteiger partial charge in [0, 0.05) is 18.4 Å². The third-order valence-corrected chi connectivity index (χ3v) is 8.59. The monoisotopic (exact) mass is 317 g/mol. The summed E-state index contributed by atoms with van der Waals surface area (Å²) in [5.74, 6) is 3.21. The largest absolute Gasteiger partial charge is 0.353 e. The fraction of sp³-hybridized carbons (Fsp3) is 0.900. The number of fused-ring (bicyclic) bond motifs is 5. The van der Waals surface area contributed by atoms with Crippen molar-refractivity contribution >= 4 is 11.7 Å². The minimum atomic E-state index is 0.244. The molecular formula is C20H31NO2. The summed E-state index contributed by atoms with van der Waals surface area (Å²) in [4.78, 5) is 24.0. The molecule has 4 fully saturated rings. The first-order chi connectivity index (χ1) is 10.9. The number of nitrogens with one attached hydrogen (secondary N) is 1. The van der Waals surface area contributed by atoms with Crippen LogP contribution in [0.1, 0.15) is 72.1 Å². The molecule has 1 saturated heterocycles. The van der Waals surface area contributed by atoms with Crippen molar-refractivity contribution in [1.29, 1.82) is 0 Å². The van der Waals surface area contributed by atoms with E-state index < -0.39 is 0 Å². The van der Waals surface area contributed by atoms with Crippen LogP contribution in [-0.4, -0.2) is 17.7 Å². The Balaban J connectivity index is 1.63. The van der Waals surface area contributed by atoms with Crippen LogP contribution in [0.5, 0.6) is 0 Å². The van der Waals surface area contributed by atoms with Gasteiger partial charge in [-0.05, 0) is 80.5 Å². The summed E-state index contributed by atoms with van der Waals surface area (Å²) >= 11 is 0. The zero-order chi connectivity index (χ0) is 16.4. The molecule has 0 spiro atoms. The molecule has 0 bridgehead atoms. The van der Waals surface area contributed by atoms with Gasteiger partial charge >= 0.3 is 0 Å². The Morgan fingerprint density at radius 1 is 1.00 bits per heavy atom. The van der Waals surface area contributed by atoms with E-state index in [-0.39, 0.29) is 16.7 Å². The lowest BCUT2D eigenvalue weighted by Gasteiger charge is -2.60. The number of carbonyl (C=O) groups excluding carboxylic acids is 2. The summed E-state index contributed by atoms with van der Waals surface area (Å²) in [6.07, 6.45) is 8.96. The van der Waals surface area contributed by atoms with Gasteiger partial charge in [0.1, 0.15) is 5.78 Å². The lowest BCUT2D eigenvalue weighted by atomic mass is 9.47. The van der Waals surface area contributed by atoms with Crippen LogP contribution < -0.4 is 5.32 Å². The number of hydrogen-bond donors (Lipinski definition) is 1. The lowest BCUT2D eigenvalue weighted by molar-refractivity contribution is -0.140. The van der Waals surface area contributed by atoms with E-state index in [0.29, 0.717) is 24.2 Å². The molecule has 128 valence electrons. The Bertz CT molecular complexity index is 544. The van der Waals surface area contributed by atoms with Crippen molar-refractivity contribution in [3.63, 3.8) is 0 Å². The van der Waals surface area contributed by atoms with Gasteiger partial charge in [0.2, 0.25) is 5.91 Å². The van der Waals surface area contributed by atoms with E-state index in [2.05, 4.69) is 19.2 Å². The molecule has 1 amide bonds. The minimum absolute atomic E-state index is 0.244. The van der Waals surface area contributed by atoms with E-state index in [1.54, 1.807) is 6.92 Å². The molecule has 4 aliphatic rings. The van der Waals surface area contributed by atoms with E-state index in [1.807, 2.05) is 0 Å². The van der Waals surface area contributed by atoms with Crippen molar-refractivity contribution in [2.24, 2.45) is 34.5 Å². The van der Waals surface area contributed by atoms with Gasteiger partial charge in [0.05, 0.1) is 0 Å². The maximum absolute atomic E-state index is 12.1. The van der Waals surface area contributed by atoms with Crippen LogP contribution in [0, 0.1) is 34.5 Å². The SMILES string of the molecule is CC(=O)[C@H]1CC[C@H]2[C@@H]3CCC4NC(=O)CC[C@]4(C)[C@H]3CC[C@]12C. The number of carbonyl (C=O) groups is 2. The molecule has 0 aromatic rings. The van der Waals surface area contributed by atoms with Crippen LogP contribution in [0.15, 0.2) is 0 Å². The second-order valence-corrected chi connectivity index (χ2v) is 9.37. The van der Waals surface area contributed by atoms with Crippen LogP contribution in [0.25, 0.3) is 0 Å². The summed E-state index contributed by atoms with van der Waals surface area (Å²) in [7, 11) is 0. The number of piperidine rings is 1. The van der Waals surface area contributed by atoms with Crippen LogP contribution in [0.3, 0.4) is 0 Å². The number of hydrogen-bond acceptors (Lipinski definition) is 2. The molecule has 1 aliphatic heterocycles. The highest BCUT2D eigenvalue weighted by Gasteiger charge is 2.60. The molecule has 7 atom stereocenters. The van der Waals surface area contributed by atoms with Gasteiger partial charge in [-0.1, -0.05) is 13.8 Å². The molecule has 0 aromatic carbocycles. The molecule has 1 unspecified atom stereocenters. The zero-order valence-electron chi connectivity index (χ0n) is 14.9. The topological polar surface area (TPSA) is 46.2 Å². The average molecular weight is 317 g/mol. The van der Waals surface area contributed by atoms with Crippen molar-refractivity contribution in [3.8, 4) is 0 Å². The Morgan fingerprint density at radius 3 is 2.48 bits per heavy atom. The second kappa shape index (κ2) is 5.07. The van der Waals surface area contributed by atoms with E-state index in [9.17, 15) is 9.59 Å². The van der Waals surface area contributed by atoms with Crippen molar-refractivity contribution in [1.82, 2.24) is 5.32 Å². The summed E-state index contributed by atoms with van der Waals surface area (Å²) < 4.78 is 0. The molecule has 0 radical (unpaired) electrons. The first kappa shape index (κ1) is 15.7. The van der Waals surface area contributed by atoms with Gasteiger partial charge in [-0.25, -0.2) is 0 Å². The van der Waals surface area contributed by atoms with Crippen molar-refractivity contribution in [3.05, 3.63) is 0 Å². The maximum atomic E-state index is 12.1. The molecule has 3 nitrogen and oxygen atoms in total. The highest BCUT2D eigenvalue weighted by Crippen LogP contribution is 2.65. The van der Waals surface area contributed by atoms with Crippen LogP contribution >= 0.6 is 0 Å². The first-order valence-corrected chi connectivity index (χ1v) is 9.66. The van der Waals surface area contributed by atoms with Gasteiger partial charge in [-0.15, -0.1) is 0 Å². The molecule has 4 rings (SSSR count). The van der Waals surface area contributed by atoms with Crippen molar-refractivity contribution < 1.29 is 9.59 Å². The van der Waals surface area contributed by atoms with Gasteiger partial charge in [-0.2, -0.15) is 0 Å². The molecule has 3 aliphatic carbocycles. The van der Waals surface area contributed by atoms with Crippen LogP contribution in [0.4, 0.5) is 0 Å². The van der Waals surface area contributed by atoms with E-state index in [1.165, 1.54) is 25.7 Å². The van der Waals surface area contributed by atoms with Crippen molar-refractivity contribution in [2.45, 2.75) is 78.2 Å². The molecule has 1 heterocycles. The molecular weight excluding hydrogens is 286 g/mol. The van der Waals surface area contributed by atoms with E-state index in [4.69, 9.17) is 0 Å². The predicted octanol–water partition coefficient (Wildman–Crippen LogP) is 3.71. The molecule has 1 N–H and O–H groups in total. The summed E-state index contributed by atoms with van der Waals surface area (Å²) in [6, 6.07) is 0.388. The standard InChI is InChI=1S/C20H31NO2/c1-12(22)14-5-6-15-13-4-7-17-20(3,11-9-18(23)21-17)16(13)8-10-19(14,15)2/h13-17H,4-11H2,1-3H3,(H,21,23)/t13-,14+,15-,16-,17?,19+,20+/m0/s1. The molecule has 0 aromatic heterocycles. The van der Waals surface area contributed by atoms with E-state index in [0.717, 1.165) is 37.0 Å². The normalized spacial score (nSPS) is 52.1. The van der Waals surface area contributed by atoms with Gasteiger partial charge in [-0.3, -0.25) is 9.59 Å². The molecule has 3 saturated carbocycles. The van der Waals surface area contributed by atoms with Crippen LogP contribution in [0.2, 0.25) is 0 Å². The minimum Gasteiger partial charge on any atom is -0.353 e. The smallest absolute Gasteiger partial charge is 0.220 e. The Hall–Kier alpha value is -0.860. The Kier molecular flexibility index (Phi) is 3.45. The highest BCUT2D eigenvalue weighted by molar-refractivity contribution is 5.79.